The molecule has 0 aliphatic heterocycles. The summed E-state index contributed by atoms with van der Waals surface area (Å²) in [5.74, 6) is -1.76. The van der Waals surface area contributed by atoms with Crippen LogP contribution in [0, 0.1) is 5.92 Å². The molecule has 0 rings (SSSR count). The second-order valence-electron chi connectivity index (χ2n) is 4.68. The van der Waals surface area contributed by atoms with Gasteiger partial charge in [-0.1, -0.05) is 13.8 Å². The number of esters is 1. The van der Waals surface area contributed by atoms with Gasteiger partial charge in [-0.05, 0) is 6.42 Å². The fourth-order valence-electron chi connectivity index (χ4n) is 1.34. The van der Waals surface area contributed by atoms with Crippen molar-refractivity contribution in [3.8, 4) is 0 Å². The molecule has 0 saturated heterocycles. The largest absolute Gasteiger partial charge is 0.498 e. The summed E-state index contributed by atoms with van der Waals surface area (Å²) in [5, 5.41) is 0. The molecule has 0 aromatic carbocycles. The minimum Gasteiger partial charge on any atom is -0.465 e. The number of sulfone groups is 2. The molecule has 14 heteroatoms. The van der Waals surface area contributed by atoms with Crippen LogP contribution in [-0.4, -0.2) is 45.0 Å². The first-order valence-corrected chi connectivity index (χ1v) is 9.36. The molecule has 1 atom stereocenters. The third-order valence-corrected chi connectivity index (χ3v) is 7.62. The Bertz CT molecular complexity index is 604. The van der Waals surface area contributed by atoms with E-state index in [2.05, 4.69) is 4.74 Å². The number of carbonyl (C=O) groups is 1. The van der Waals surface area contributed by atoms with Gasteiger partial charge in [0.05, 0.1) is 12.5 Å². The third kappa shape index (κ3) is 4.97. The van der Waals surface area contributed by atoms with E-state index in [4.69, 9.17) is 0 Å². The minimum atomic E-state index is -6.70. The van der Waals surface area contributed by atoms with Crippen LogP contribution in [0.25, 0.3) is 0 Å². The Balaban J connectivity index is 5.61. The van der Waals surface area contributed by atoms with Crippen LogP contribution in [0.5, 0.6) is 0 Å². The lowest BCUT2D eigenvalue weighted by molar-refractivity contribution is -0.148. The summed E-state index contributed by atoms with van der Waals surface area (Å²) in [5.41, 5.74) is -12.5. The van der Waals surface area contributed by atoms with Crippen molar-refractivity contribution in [3.05, 3.63) is 0 Å². The Morgan fingerprint density at radius 2 is 1.33 bits per heavy atom. The molecular weight excluding hydrogens is 394 g/mol. The van der Waals surface area contributed by atoms with Crippen molar-refractivity contribution >= 4 is 25.6 Å². The molecule has 0 saturated carbocycles. The Hall–Kier alpha value is -1.05. The number of carbonyl (C=O) groups excluding carboxylic acids is 1. The van der Waals surface area contributed by atoms with E-state index in [0.717, 1.165) is 0 Å². The van der Waals surface area contributed by atoms with Crippen LogP contribution in [-0.2, 0) is 29.2 Å². The van der Waals surface area contributed by atoms with Crippen molar-refractivity contribution in [2.45, 2.75) is 42.3 Å². The standard InChI is InChI=1S/C10H14F6O6S2/c1-3-6(2)8(17)22-5-4-7(23(18,19)9(11,12)13)24(20,21)10(14,15)16/h6-7H,3-5H2,1-2H3. The maximum absolute atomic E-state index is 12.4. The highest BCUT2D eigenvalue weighted by molar-refractivity contribution is 8.09. The van der Waals surface area contributed by atoms with E-state index in [0.29, 0.717) is 0 Å². The van der Waals surface area contributed by atoms with Crippen molar-refractivity contribution in [1.29, 1.82) is 0 Å². The SMILES string of the molecule is CCC(C)C(=O)OCCC(S(=O)(=O)C(F)(F)F)S(=O)(=O)C(F)(F)F. The first-order chi connectivity index (χ1) is 10.5. The third-order valence-electron chi connectivity index (χ3n) is 2.95. The summed E-state index contributed by atoms with van der Waals surface area (Å²) in [7, 11) is -13.4. The molecule has 0 spiro atoms. The van der Waals surface area contributed by atoms with Crippen molar-refractivity contribution in [3.63, 3.8) is 0 Å². The number of hydrogen-bond donors (Lipinski definition) is 0. The molecule has 0 amide bonds. The maximum atomic E-state index is 12.4. The van der Waals surface area contributed by atoms with Crippen LogP contribution in [0.3, 0.4) is 0 Å². The van der Waals surface area contributed by atoms with Gasteiger partial charge in [0.15, 0.2) is 4.58 Å². The van der Waals surface area contributed by atoms with Crippen LogP contribution in [0.15, 0.2) is 0 Å². The van der Waals surface area contributed by atoms with Crippen LogP contribution in [0.1, 0.15) is 26.7 Å². The molecule has 0 N–H and O–H groups in total. The molecule has 0 radical (unpaired) electrons. The number of alkyl halides is 6. The van der Waals surface area contributed by atoms with Crippen LogP contribution in [0.4, 0.5) is 26.3 Å². The van der Waals surface area contributed by atoms with Gasteiger partial charge in [-0.25, -0.2) is 16.8 Å². The van der Waals surface area contributed by atoms with Crippen molar-refractivity contribution in [1.82, 2.24) is 0 Å². The van der Waals surface area contributed by atoms with Crippen LogP contribution >= 0.6 is 0 Å². The topological polar surface area (TPSA) is 94.6 Å². The van der Waals surface area contributed by atoms with E-state index in [1.54, 1.807) is 0 Å². The number of halogens is 6. The maximum Gasteiger partial charge on any atom is 0.498 e. The van der Waals surface area contributed by atoms with Gasteiger partial charge in [0.25, 0.3) is 19.7 Å². The molecule has 0 heterocycles. The highest BCUT2D eigenvalue weighted by Crippen LogP contribution is 2.37. The molecular formula is C10H14F6O6S2. The Kier molecular flexibility index (Phi) is 7.13. The van der Waals surface area contributed by atoms with E-state index in [1.165, 1.54) is 13.8 Å². The fourth-order valence-corrected chi connectivity index (χ4v) is 4.74. The Morgan fingerprint density at radius 1 is 0.958 bits per heavy atom. The second-order valence-corrected chi connectivity index (χ2v) is 9.22. The fraction of sp³-hybridized carbons (Fsp3) is 0.900. The summed E-state index contributed by atoms with van der Waals surface area (Å²) in [6.07, 6.45) is -1.46. The van der Waals surface area contributed by atoms with E-state index < -0.39 is 60.2 Å². The predicted molar refractivity (Wildman–Crippen MR) is 68.8 cm³/mol. The molecule has 144 valence electrons. The number of ether oxygens (including phenoxy) is 1. The Morgan fingerprint density at radius 3 is 1.62 bits per heavy atom. The van der Waals surface area contributed by atoms with Crippen LogP contribution < -0.4 is 0 Å². The first kappa shape index (κ1) is 22.9. The molecule has 6 nitrogen and oxygen atoms in total. The highest BCUT2D eigenvalue weighted by atomic mass is 32.3. The Labute approximate surface area is 134 Å². The van der Waals surface area contributed by atoms with E-state index in [-0.39, 0.29) is 6.42 Å². The van der Waals surface area contributed by atoms with Gasteiger partial charge in [-0.15, -0.1) is 0 Å². The average molecular weight is 408 g/mol. The zero-order valence-electron chi connectivity index (χ0n) is 12.3. The first-order valence-electron chi connectivity index (χ1n) is 6.27. The molecule has 1 unspecified atom stereocenters. The number of hydrogen-bond acceptors (Lipinski definition) is 6. The summed E-state index contributed by atoms with van der Waals surface area (Å²) in [4.78, 5) is 11.3. The monoisotopic (exact) mass is 408 g/mol. The highest BCUT2D eigenvalue weighted by Gasteiger charge is 2.62. The summed E-state index contributed by atoms with van der Waals surface area (Å²) >= 11 is 0. The van der Waals surface area contributed by atoms with Gasteiger partial charge in [-0.2, -0.15) is 26.3 Å². The van der Waals surface area contributed by atoms with Gasteiger partial charge >= 0.3 is 17.0 Å². The molecule has 0 fully saturated rings. The minimum absolute atomic E-state index is 0.240. The smallest absolute Gasteiger partial charge is 0.465 e. The summed E-state index contributed by atoms with van der Waals surface area (Å²) in [6.45, 7) is 1.65. The van der Waals surface area contributed by atoms with Crippen molar-refractivity contribution in [2.75, 3.05) is 6.61 Å². The second kappa shape index (κ2) is 7.45. The van der Waals surface area contributed by atoms with E-state index in [9.17, 15) is 48.0 Å². The zero-order chi connectivity index (χ0) is 19.6. The van der Waals surface area contributed by atoms with E-state index in [1.807, 2.05) is 0 Å². The van der Waals surface area contributed by atoms with Crippen LogP contribution in [0.2, 0.25) is 0 Å². The van der Waals surface area contributed by atoms with Gasteiger partial charge in [0.2, 0.25) is 0 Å². The zero-order valence-corrected chi connectivity index (χ0v) is 13.9. The van der Waals surface area contributed by atoms with Gasteiger partial charge in [-0.3, -0.25) is 4.79 Å². The predicted octanol–water partition coefficient (Wildman–Crippen LogP) is 2.16. The van der Waals surface area contributed by atoms with Gasteiger partial charge in [0, 0.05) is 6.42 Å². The molecule has 0 bridgehead atoms. The van der Waals surface area contributed by atoms with Crippen molar-refractivity contribution in [2.24, 2.45) is 5.92 Å². The van der Waals surface area contributed by atoms with Gasteiger partial charge in [0.1, 0.15) is 0 Å². The summed E-state index contributed by atoms with van der Waals surface area (Å²) < 4.78 is 120. The molecule has 0 aromatic rings. The molecule has 0 aliphatic carbocycles. The molecule has 0 aliphatic rings. The van der Waals surface area contributed by atoms with Crippen molar-refractivity contribution < 1.29 is 52.7 Å². The normalized spacial score (nSPS) is 15.4. The van der Waals surface area contributed by atoms with Gasteiger partial charge < -0.3 is 4.74 Å². The van der Waals surface area contributed by atoms with E-state index >= 15 is 0 Å². The lowest BCUT2D eigenvalue weighted by Crippen LogP contribution is -2.45. The average Bonchev–Trinajstić information content (AvgIpc) is 2.39. The lowest BCUT2D eigenvalue weighted by atomic mass is 10.1. The number of rotatable bonds is 7. The lowest BCUT2D eigenvalue weighted by Gasteiger charge is -2.21. The molecule has 0 aromatic heterocycles. The molecule has 24 heavy (non-hydrogen) atoms. The summed E-state index contributed by atoms with van der Waals surface area (Å²) in [6, 6.07) is 0. The quantitative estimate of drug-likeness (QED) is 0.473.